The number of aromatic nitrogens is 2. The molecule has 1 atom stereocenters. The number of aryl methyl sites for hydroxylation is 2. The van der Waals surface area contributed by atoms with Gasteiger partial charge in [0.05, 0.1) is 6.04 Å². The van der Waals surface area contributed by atoms with Gasteiger partial charge in [-0.1, -0.05) is 0 Å². The van der Waals surface area contributed by atoms with Crippen molar-refractivity contribution in [2.24, 2.45) is 0 Å². The van der Waals surface area contributed by atoms with Crippen LogP contribution < -0.4 is 4.72 Å². The van der Waals surface area contributed by atoms with Crippen molar-refractivity contribution in [3.05, 3.63) is 12.0 Å². The zero-order chi connectivity index (χ0) is 13.2. The van der Waals surface area contributed by atoms with Gasteiger partial charge in [0.25, 0.3) is 10.0 Å². The first-order valence-electron chi connectivity index (χ1n) is 5.34. The Hall–Kier alpha value is -1.21. The quantitative estimate of drug-likeness (QED) is 0.833. The number of sulfonamides is 1. The number of nitrogens with zero attached hydrogens (tertiary/aromatic N) is 2. The van der Waals surface area contributed by atoms with Gasteiger partial charge in [0.15, 0.2) is 5.03 Å². The van der Waals surface area contributed by atoms with Crippen molar-refractivity contribution in [1.82, 2.24) is 14.3 Å². The third-order valence-corrected chi connectivity index (χ3v) is 3.92. The minimum absolute atomic E-state index is 0.0510. The molecule has 0 aliphatic rings. The number of carbonyl (C=O) groups excluding carboxylic acids is 1. The molecular formula is C10H17N3O3S. The van der Waals surface area contributed by atoms with E-state index in [4.69, 9.17) is 0 Å². The molecule has 0 saturated carbocycles. The minimum atomic E-state index is -3.72. The van der Waals surface area contributed by atoms with Crippen LogP contribution >= 0.6 is 0 Å². The smallest absolute Gasteiger partial charge is 0.260 e. The molecule has 7 heteroatoms. The molecule has 0 radical (unpaired) electrons. The lowest BCUT2D eigenvalue weighted by Gasteiger charge is -2.08. The van der Waals surface area contributed by atoms with Gasteiger partial charge in [-0.3, -0.25) is 4.79 Å². The number of Topliss-reactive ketones (excluding diaryl/α,β-unsaturated/α-hetero) is 1. The first-order valence-corrected chi connectivity index (χ1v) is 6.82. The van der Waals surface area contributed by atoms with Crippen molar-refractivity contribution >= 4 is 15.8 Å². The third kappa shape index (κ3) is 3.13. The average molecular weight is 259 g/mol. The molecule has 1 aromatic heterocycles. The summed E-state index contributed by atoms with van der Waals surface area (Å²) in [5, 5.41) is -0.0510. The second-order valence-electron chi connectivity index (χ2n) is 3.87. The van der Waals surface area contributed by atoms with Gasteiger partial charge in [0, 0.05) is 12.7 Å². The molecule has 0 fully saturated rings. The summed E-state index contributed by atoms with van der Waals surface area (Å²) in [5.74, 6) is 0.392. The number of hydrogen-bond acceptors (Lipinski definition) is 4. The molecule has 0 spiro atoms. The molecule has 1 heterocycles. The summed E-state index contributed by atoms with van der Waals surface area (Å²) >= 11 is 0. The minimum Gasteiger partial charge on any atom is -0.334 e. The maximum absolute atomic E-state index is 11.9. The number of hydrogen-bond donors (Lipinski definition) is 1. The first-order chi connectivity index (χ1) is 7.77. The van der Waals surface area contributed by atoms with Gasteiger partial charge in [-0.05, 0) is 27.7 Å². The average Bonchev–Trinajstić information content (AvgIpc) is 2.59. The van der Waals surface area contributed by atoms with Crippen LogP contribution in [0, 0.1) is 6.92 Å². The molecule has 17 heavy (non-hydrogen) atoms. The Bertz CT molecular complexity index is 519. The highest BCUT2D eigenvalue weighted by Gasteiger charge is 2.22. The molecule has 1 unspecified atom stereocenters. The zero-order valence-corrected chi connectivity index (χ0v) is 11.2. The third-order valence-electron chi connectivity index (χ3n) is 2.51. The summed E-state index contributed by atoms with van der Waals surface area (Å²) in [7, 11) is -3.72. The number of carbonyl (C=O) groups is 1. The van der Waals surface area contributed by atoms with E-state index in [2.05, 4.69) is 9.71 Å². The molecule has 0 aliphatic heterocycles. The first kappa shape index (κ1) is 13.9. The fourth-order valence-electron chi connectivity index (χ4n) is 1.30. The monoisotopic (exact) mass is 259 g/mol. The Morgan fingerprint density at radius 1 is 1.59 bits per heavy atom. The van der Waals surface area contributed by atoms with E-state index >= 15 is 0 Å². The van der Waals surface area contributed by atoms with Crippen LogP contribution in [-0.4, -0.2) is 29.8 Å². The molecule has 1 N–H and O–H groups in total. The second-order valence-corrected chi connectivity index (χ2v) is 5.53. The fraction of sp³-hybridized carbons (Fsp3) is 0.600. The van der Waals surface area contributed by atoms with Crippen LogP contribution in [0.15, 0.2) is 11.2 Å². The fourth-order valence-corrected chi connectivity index (χ4v) is 2.58. The maximum atomic E-state index is 11.9. The lowest BCUT2D eigenvalue weighted by Crippen LogP contribution is -2.37. The molecular weight excluding hydrogens is 242 g/mol. The predicted octanol–water partition coefficient (Wildman–Crippen LogP) is 0.467. The van der Waals surface area contributed by atoms with E-state index in [-0.39, 0.29) is 10.8 Å². The highest BCUT2D eigenvalue weighted by molar-refractivity contribution is 7.89. The summed E-state index contributed by atoms with van der Waals surface area (Å²) in [6.07, 6.45) is 1.46. The van der Waals surface area contributed by atoms with Crippen molar-refractivity contribution in [2.75, 3.05) is 0 Å². The summed E-state index contributed by atoms with van der Waals surface area (Å²) < 4.78 is 27.8. The topological polar surface area (TPSA) is 81.1 Å². The summed E-state index contributed by atoms with van der Waals surface area (Å²) in [5.41, 5.74) is 0. The molecule has 0 aliphatic carbocycles. The molecule has 6 nitrogen and oxygen atoms in total. The SMILES string of the molecule is CCn1cc(S(=O)(=O)NC(C)C(C)=O)nc1C. The van der Waals surface area contributed by atoms with E-state index in [1.54, 1.807) is 11.5 Å². The van der Waals surface area contributed by atoms with Gasteiger partial charge >= 0.3 is 0 Å². The lowest BCUT2D eigenvalue weighted by molar-refractivity contribution is -0.118. The molecule has 0 saturated heterocycles. The molecule has 1 aromatic rings. The van der Waals surface area contributed by atoms with E-state index in [1.165, 1.54) is 20.0 Å². The molecule has 0 aromatic carbocycles. The Morgan fingerprint density at radius 3 is 2.59 bits per heavy atom. The standard InChI is InChI=1S/C10H17N3O3S/c1-5-13-6-10(11-9(13)4)17(15,16)12-7(2)8(3)14/h6-7,12H,5H2,1-4H3. The van der Waals surface area contributed by atoms with Crippen molar-refractivity contribution in [3.8, 4) is 0 Å². The maximum Gasteiger partial charge on any atom is 0.260 e. The van der Waals surface area contributed by atoms with Crippen LogP contribution in [0.2, 0.25) is 0 Å². The van der Waals surface area contributed by atoms with E-state index in [1.807, 2.05) is 6.92 Å². The van der Waals surface area contributed by atoms with Crippen LogP contribution in [0.5, 0.6) is 0 Å². The molecule has 96 valence electrons. The van der Waals surface area contributed by atoms with Crippen LogP contribution in [0.1, 0.15) is 26.6 Å². The normalized spacial score (nSPS) is 13.6. The van der Waals surface area contributed by atoms with Gasteiger partial charge in [-0.25, -0.2) is 13.4 Å². The predicted molar refractivity (Wildman–Crippen MR) is 63.1 cm³/mol. The van der Waals surface area contributed by atoms with Crippen LogP contribution in [0.4, 0.5) is 0 Å². The molecule has 1 rings (SSSR count). The van der Waals surface area contributed by atoms with Crippen LogP contribution in [-0.2, 0) is 21.4 Å². The molecule has 0 amide bonds. The van der Waals surface area contributed by atoms with E-state index in [0.717, 1.165) is 0 Å². The summed E-state index contributed by atoms with van der Waals surface area (Å²) in [6, 6.07) is -0.743. The Kier molecular flexibility index (Phi) is 4.05. The van der Waals surface area contributed by atoms with Crippen molar-refractivity contribution in [2.45, 2.75) is 45.3 Å². The van der Waals surface area contributed by atoms with E-state index in [0.29, 0.717) is 12.4 Å². The van der Waals surface area contributed by atoms with Gasteiger partial charge in [0.2, 0.25) is 0 Å². The van der Waals surface area contributed by atoms with Crippen LogP contribution in [0.3, 0.4) is 0 Å². The van der Waals surface area contributed by atoms with Gasteiger partial charge < -0.3 is 4.57 Å². The van der Waals surface area contributed by atoms with Gasteiger partial charge in [0.1, 0.15) is 11.6 Å². The number of rotatable bonds is 5. The Balaban J connectivity index is 3.01. The highest BCUT2D eigenvalue weighted by Crippen LogP contribution is 2.09. The highest BCUT2D eigenvalue weighted by atomic mass is 32.2. The van der Waals surface area contributed by atoms with Gasteiger partial charge in [-0.2, -0.15) is 4.72 Å². The summed E-state index contributed by atoms with van der Waals surface area (Å²) in [6.45, 7) is 7.12. The van der Waals surface area contributed by atoms with Crippen molar-refractivity contribution in [3.63, 3.8) is 0 Å². The second kappa shape index (κ2) is 4.97. The molecule has 0 bridgehead atoms. The Labute approximate surface area is 101 Å². The van der Waals surface area contributed by atoms with Crippen molar-refractivity contribution in [1.29, 1.82) is 0 Å². The van der Waals surface area contributed by atoms with E-state index < -0.39 is 16.1 Å². The van der Waals surface area contributed by atoms with E-state index in [9.17, 15) is 13.2 Å². The Morgan fingerprint density at radius 2 is 2.18 bits per heavy atom. The number of ketones is 1. The van der Waals surface area contributed by atoms with Crippen LogP contribution in [0.25, 0.3) is 0 Å². The zero-order valence-electron chi connectivity index (χ0n) is 10.4. The number of imidazole rings is 1. The van der Waals surface area contributed by atoms with Crippen molar-refractivity contribution < 1.29 is 13.2 Å². The lowest BCUT2D eigenvalue weighted by atomic mass is 10.3. The van der Waals surface area contributed by atoms with Gasteiger partial charge in [-0.15, -0.1) is 0 Å². The summed E-state index contributed by atoms with van der Waals surface area (Å²) in [4.78, 5) is 15.0. The largest absolute Gasteiger partial charge is 0.334 e. The number of nitrogens with one attached hydrogen (secondary N) is 1.